The molecule has 1 amide bonds. The number of rotatable bonds is 4. The minimum atomic E-state index is -0.401. The Labute approximate surface area is 108 Å². The van der Waals surface area contributed by atoms with E-state index in [0.717, 1.165) is 25.9 Å². The summed E-state index contributed by atoms with van der Waals surface area (Å²) in [5, 5.41) is 2.81. The van der Waals surface area contributed by atoms with Gasteiger partial charge < -0.3 is 19.7 Å². The van der Waals surface area contributed by atoms with Gasteiger partial charge in [-0.15, -0.1) is 0 Å². The molecule has 2 atom stereocenters. The smallest absolute Gasteiger partial charge is 0.407 e. The van der Waals surface area contributed by atoms with E-state index in [2.05, 4.69) is 19.7 Å². The van der Waals surface area contributed by atoms with Crippen molar-refractivity contribution in [3.8, 4) is 0 Å². The van der Waals surface area contributed by atoms with Gasteiger partial charge in [-0.2, -0.15) is 0 Å². The number of esters is 1. The topological polar surface area (TPSA) is 67.9 Å². The number of nitrogens with zero attached hydrogens (tertiary/aromatic N) is 1. The molecule has 0 aliphatic carbocycles. The van der Waals surface area contributed by atoms with Crippen molar-refractivity contribution in [3.05, 3.63) is 0 Å². The first-order chi connectivity index (χ1) is 8.55. The van der Waals surface area contributed by atoms with E-state index in [9.17, 15) is 9.59 Å². The van der Waals surface area contributed by atoms with Crippen molar-refractivity contribution in [1.29, 1.82) is 0 Å². The molecule has 6 nitrogen and oxygen atoms in total. The monoisotopic (exact) mass is 258 g/mol. The number of likely N-dealkylation sites (tertiary alicyclic amines) is 1. The summed E-state index contributed by atoms with van der Waals surface area (Å²) < 4.78 is 9.23. The van der Waals surface area contributed by atoms with Crippen LogP contribution < -0.4 is 5.32 Å². The highest BCUT2D eigenvalue weighted by molar-refractivity contribution is 5.69. The molecule has 1 heterocycles. The Balaban J connectivity index is 2.40. The van der Waals surface area contributed by atoms with Crippen LogP contribution in [0.3, 0.4) is 0 Å². The van der Waals surface area contributed by atoms with Crippen LogP contribution in [0.1, 0.15) is 19.3 Å². The Morgan fingerprint density at radius 3 is 2.61 bits per heavy atom. The SMILES string of the molecule is COC(=O)CCC1CC(NC(=O)OC)CN(C)C1. The molecule has 1 fully saturated rings. The molecule has 0 saturated carbocycles. The fourth-order valence-corrected chi connectivity index (χ4v) is 2.41. The normalized spacial score (nSPS) is 24.4. The zero-order valence-corrected chi connectivity index (χ0v) is 11.3. The van der Waals surface area contributed by atoms with Crippen molar-refractivity contribution in [1.82, 2.24) is 10.2 Å². The molecule has 0 radical (unpaired) electrons. The summed E-state index contributed by atoms with van der Waals surface area (Å²) in [6, 6.07) is 0.0823. The maximum Gasteiger partial charge on any atom is 0.407 e. The van der Waals surface area contributed by atoms with E-state index in [4.69, 9.17) is 0 Å². The van der Waals surface area contributed by atoms with Gasteiger partial charge in [-0.1, -0.05) is 0 Å². The van der Waals surface area contributed by atoms with Crippen LogP contribution in [0.25, 0.3) is 0 Å². The maximum absolute atomic E-state index is 11.2. The lowest BCUT2D eigenvalue weighted by Crippen LogP contribution is -2.49. The number of methoxy groups -OCH3 is 2. The van der Waals surface area contributed by atoms with E-state index in [1.54, 1.807) is 0 Å². The summed E-state index contributed by atoms with van der Waals surface area (Å²) in [6.07, 6.45) is 1.69. The van der Waals surface area contributed by atoms with Crippen molar-refractivity contribution >= 4 is 12.1 Å². The Morgan fingerprint density at radius 1 is 1.28 bits per heavy atom. The molecule has 6 heteroatoms. The van der Waals surface area contributed by atoms with Gasteiger partial charge in [-0.05, 0) is 25.8 Å². The van der Waals surface area contributed by atoms with Crippen molar-refractivity contribution < 1.29 is 19.1 Å². The van der Waals surface area contributed by atoms with E-state index >= 15 is 0 Å². The predicted molar refractivity (Wildman–Crippen MR) is 66.2 cm³/mol. The highest BCUT2D eigenvalue weighted by Gasteiger charge is 2.26. The van der Waals surface area contributed by atoms with Crippen molar-refractivity contribution in [2.45, 2.75) is 25.3 Å². The third kappa shape index (κ3) is 4.91. The number of alkyl carbamates (subject to hydrolysis) is 1. The third-order valence-corrected chi connectivity index (χ3v) is 3.21. The average molecular weight is 258 g/mol. The van der Waals surface area contributed by atoms with Crippen molar-refractivity contribution in [2.24, 2.45) is 5.92 Å². The molecule has 1 saturated heterocycles. The number of hydrogen-bond acceptors (Lipinski definition) is 5. The van der Waals surface area contributed by atoms with E-state index in [0.29, 0.717) is 12.3 Å². The van der Waals surface area contributed by atoms with Crippen LogP contribution in [0.2, 0.25) is 0 Å². The number of nitrogens with one attached hydrogen (secondary N) is 1. The number of likely N-dealkylation sites (N-methyl/N-ethyl adjacent to an activating group) is 1. The molecule has 2 unspecified atom stereocenters. The molecular weight excluding hydrogens is 236 g/mol. The summed E-state index contributed by atoms with van der Waals surface area (Å²) in [5.41, 5.74) is 0. The van der Waals surface area contributed by atoms with Crippen LogP contribution in [-0.2, 0) is 14.3 Å². The van der Waals surface area contributed by atoms with Crippen molar-refractivity contribution in [3.63, 3.8) is 0 Å². The van der Waals surface area contributed by atoms with Crippen LogP contribution in [0.4, 0.5) is 4.79 Å². The molecular formula is C12H22N2O4. The number of piperidine rings is 1. The zero-order valence-electron chi connectivity index (χ0n) is 11.3. The van der Waals surface area contributed by atoms with Crippen LogP contribution in [0, 0.1) is 5.92 Å². The molecule has 1 N–H and O–H groups in total. The first kappa shape index (κ1) is 14.8. The Bertz CT molecular complexity index is 296. The van der Waals surface area contributed by atoms with Crippen LogP contribution >= 0.6 is 0 Å². The summed E-state index contributed by atoms with van der Waals surface area (Å²) in [4.78, 5) is 24.5. The molecule has 1 aliphatic rings. The number of ether oxygens (including phenoxy) is 2. The standard InChI is InChI=1S/C12H22N2O4/c1-14-7-9(4-5-11(15)17-2)6-10(8-14)13-12(16)18-3/h9-10H,4-8H2,1-3H3,(H,13,16). The average Bonchev–Trinajstić information content (AvgIpc) is 2.35. The summed E-state index contributed by atoms with van der Waals surface area (Å²) in [7, 11) is 4.77. The second-order valence-corrected chi connectivity index (χ2v) is 4.77. The highest BCUT2D eigenvalue weighted by Crippen LogP contribution is 2.20. The number of amides is 1. The molecule has 18 heavy (non-hydrogen) atoms. The van der Waals surface area contributed by atoms with Gasteiger partial charge in [-0.25, -0.2) is 4.79 Å². The predicted octanol–water partition coefficient (Wildman–Crippen LogP) is 0.616. The molecule has 0 bridgehead atoms. The number of carbonyl (C=O) groups excluding carboxylic acids is 2. The van der Waals surface area contributed by atoms with E-state index in [1.807, 2.05) is 7.05 Å². The van der Waals surface area contributed by atoms with Gasteiger partial charge in [0, 0.05) is 25.6 Å². The molecule has 0 aromatic carbocycles. The first-order valence-corrected chi connectivity index (χ1v) is 6.15. The molecule has 104 valence electrons. The third-order valence-electron chi connectivity index (χ3n) is 3.21. The molecule has 1 aliphatic heterocycles. The molecule has 0 aromatic heterocycles. The second-order valence-electron chi connectivity index (χ2n) is 4.77. The largest absolute Gasteiger partial charge is 0.469 e. The second kappa shape index (κ2) is 7.20. The van der Waals surface area contributed by atoms with Crippen LogP contribution in [0.5, 0.6) is 0 Å². The molecule has 0 aromatic rings. The van der Waals surface area contributed by atoms with E-state index < -0.39 is 6.09 Å². The lowest BCUT2D eigenvalue weighted by atomic mass is 9.91. The van der Waals surface area contributed by atoms with Gasteiger partial charge in [-0.3, -0.25) is 4.79 Å². The first-order valence-electron chi connectivity index (χ1n) is 6.15. The summed E-state index contributed by atoms with van der Waals surface area (Å²) >= 11 is 0. The number of carbonyl (C=O) groups is 2. The van der Waals surface area contributed by atoms with Gasteiger partial charge in [0.25, 0.3) is 0 Å². The Hall–Kier alpha value is -1.30. The van der Waals surface area contributed by atoms with Gasteiger partial charge in [0.05, 0.1) is 14.2 Å². The number of hydrogen-bond donors (Lipinski definition) is 1. The highest BCUT2D eigenvalue weighted by atomic mass is 16.5. The van der Waals surface area contributed by atoms with Gasteiger partial charge in [0.15, 0.2) is 0 Å². The minimum Gasteiger partial charge on any atom is -0.469 e. The minimum absolute atomic E-state index is 0.0823. The van der Waals surface area contributed by atoms with Gasteiger partial charge in [0.1, 0.15) is 0 Å². The van der Waals surface area contributed by atoms with Crippen LogP contribution in [0.15, 0.2) is 0 Å². The zero-order chi connectivity index (χ0) is 13.5. The van der Waals surface area contributed by atoms with E-state index in [1.165, 1.54) is 14.2 Å². The summed E-state index contributed by atoms with van der Waals surface area (Å²) in [5.74, 6) is 0.214. The quantitative estimate of drug-likeness (QED) is 0.749. The van der Waals surface area contributed by atoms with Crippen LogP contribution in [-0.4, -0.2) is 57.4 Å². The van der Waals surface area contributed by atoms with Crippen molar-refractivity contribution in [2.75, 3.05) is 34.4 Å². The Kier molecular flexibility index (Phi) is 5.91. The fraction of sp³-hybridized carbons (Fsp3) is 0.833. The lowest BCUT2D eigenvalue weighted by molar-refractivity contribution is -0.141. The van der Waals surface area contributed by atoms with Gasteiger partial charge in [0.2, 0.25) is 0 Å². The fourth-order valence-electron chi connectivity index (χ4n) is 2.41. The van der Waals surface area contributed by atoms with E-state index in [-0.39, 0.29) is 12.0 Å². The maximum atomic E-state index is 11.2. The lowest BCUT2D eigenvalue weighted by Gasteiger charge is -2.35. The summed E-state index contributed by atoms with van der Waals surface area (Å²) in [6.45, 7) is 1.75. The van der Waals surface area contributed by atoms with Gasteiger partial charge >= 0.3 is 12.1 Å². The molecule has 0 spiro atoms. The Morgan fingerprint density at radius 2 is 2.00 bits per heavy atom. The molecule has 1 rings (SSSR count).